The summed E-state index contributed by atoms with van der Waals surface area (Å²) in [5.41, 5.74) is 1.49. The maximum atomic E-state index is 12.2. The zero-order chi connectivity index (χ0) is 15.4. The molecule has 1 saturated heterocycles. The molecule has 0 unspecified atom stereocenters. The predicted molar refractivity (Wildman–Crippen MR) is 85.1 cm³/mol. The Morgan fingerprint density at radius 1 is 1.45 bits per heavy atom. The fraction of sp³-hybridized carbons (Fsp3) is 0.400. The number of aromatic nitrogens is 2. The van der Waals surface area contributed by atoms with Gasteiger partial charge in [-0.3, -0.25) is 9.69 Å². The first kappa shape index (κ1) is 15.1. The first-order valence-corrected chi connectivity index (χ1v) is 8.07. The van der Waals surface area contributed by atoms with Gasteiger partial charge in [0, 0.05) is 24.7 Å². The number of rotatable bonds is 4. The van der Waals surface area contributed by atoms with E-state index in [1.807, 2.05) is 19.1 Å². The number of nitrogens with one attached hydrogen (secondary N) is 1. The van der Waals surface area contributed by atoms with E-state index in [1.54, 1.807) is 11.6 Å². The normalized spacial score (nSPS) is 15.7. The Hall–Kier alpha value is -1.83. The summed E-state index contributed by atoms with van der Waals surface area (Å²) in [7, 11) is 0. The van der Waals surface area contributed by atoms with Crippen LogP contribution in [-0.4, -0.2) is 47.1 Å². The molecule has 2 aromatic rings. The van der Waals surface area contributed by atoms with Crippen LogP contribution in [0.1, 0.15) is 21.1 Å². The molecule has 0 aliphatic carbocycles. The zero-order valence-corrected chi connectivity index (χ0v) is 13.2. The fourth-order valence-electron chi connectivity index (χ4n) is 2.22. The van der Waals surface area contributed by atoms with Gasteiger partial charge in [0.25, 0.3) is 5.91 Å². The van der Waals surface area contributed by atoms with Gasteiger partial charge in [-0.25, -0.2) is 9.97 Å². The van der Waals surface area contributed by atoms with Crippen molar-refractivity contribution in [1.82, 2.24) is 14.9 Å². The van der Waals surface area contributed by atoms with Crippen molar-refractivity contribution in [2.45, 2.75) is 13.5 Å². The van der Waals surface area contributed by atoms with Crippen molar-refractivity contribution in [3.63, 3.8) is 0 Å². The minimum absolute atomic E-state index is 0.220. The molecule has 1 aliphatic rings. The van der Waals surface area contributed by atoms with E-state index in [0.29, 0.717) is 11.5 Å². The maximum absolute atomic E-state index is 12.2. The third kappa shape index (κ3) is 3.88. The lowest BCUT2D eigenvalue weighted by molar-refractivity contribution is 0.0341. The van der Waals surface area contributed by atoms with Gasteiger partial charge in [-0.1, -0.05) is 0 Å². The van der Waals surface area contributed by atoms with Crippen LogP contribution in [0, 0.1) is 6.92 Å². The number of carbonyl (C=O) groups is 1. The summed E-state index contributed by atoms with van der Waals surface area (Å²) in [5, 5.41) is 5.52. The Bertz CT molecular complexity index is 652. The molecule has 3 rings (SSSR count). The Morgan fingerprint density at radius 3 is 3.05 bits per heavy atom. The van der Waals surface area contributed by atoms with E-state index < -0.39 is 0 Å². The first-order chi connectivity index (χ1) is 10.7. The molecule has 3 heterocycles. The van der Waals surface area contributed by atoms with Gasteiger partial charge in [-0.2, -0.15) is 0 Å². The van der Waals surface area contributed by atoms with Crippen LogP contribution in [0.4, 0.5) is 5.82 Å². The largest absolute Gasteiger partial charge is 0.379 e. The minimum atomic E-state index is -0.220. The highest BCUT2D eigenvalue weighted by Crippen LogP contribution is 2.15. The summed E-state index contributed by atoms with van der Waals surface area (Å²) in [6.45, 7) is 6.07. The molecule has 116 valence electrons. The minimum Gasteiger partial charge on any atom is -0.379 e. The molecule has 2 aromatic heterocycles. The number of hydrogen-bond acceptors (Lipinski definition) is 6. The number of morpholine rings is 1. The van der Waals surface area contributed by atoms with Gasteiger partial charge in [0.15, 0.2) is 0 Å². The van der Waals surface area contributed by atoms with Crippen LogP contribution in [0.2, 0.25) is 0 Å². The highest BCUT2D eigenvalue weighted by molar-refractivity contribution is 7.09. The van der Waals surface area contributed by atoms with Crippen LogP contribution in [0.25, 0.3) is 0 Å². The molecule has 0 spiro atoms. The highest BCUT2D eigenvalue weighted by atomic mass is 32.1. The van der Waals surface area contributed by atoms with Gasteiger partial charge in [0.1, 0.15) is 16.5 Å². The van der Waals surface area contributed by atoms with Crippen LogP contribution in [0.3, 0.4) is 0 Å². The fourth-order valence-corrected chi connectivity index (χ4v) is 3.04. The Balaban J connectivity index is 1.61. The number of hydrogen-bond donors (Lipinski definition) is 1. The van der Waals surface area contributed by atoms with Gasteiger partial charge >= 0.3 is 0 Å². The number of anilines is 1. The quantitative estimate of drug-likeness (QED) is 0.933. The molecule has 1 N–H and O–H groups in total. The molecule has 0 radical (unpaired) electrons. The average molecular weight is 318 g/mol. The molecular formula is C15H18N4O2S. The molecule has 0 bridgehead atoms. The van der Waals surface area contributed by atoms with Crippen molar-refractivity contribution < 1.29 is 9.53 Å². The first-order valence-electron chi connectivity index (χ1n) is 7.19. The zero-order valence-electron chi connectivity index (χ0n) is 12.4. The Morgan fingerprint density at radius 2 is 2.27 bits per heavy atom. The molecule has 0 saturated carbocycles. The van der Waals surface area contributed by atoms with Gasteiger partial charge in [-0.05, 0) is 24.6 Å². The molecule has 1 fully saturated rings. The number of thiazole rings is 1. The number of ether oxygens (including phenoxy) is 1. The van der Waals surface area contributed by atoms with Crippen LogP contribution >= 0.6 is 11.3 Å². The summed E-state index contributed by atoms with van der Waals surface area (Å²) in [5.74, 6) is 0.329. The lowest BCUT2D eigenvalue weighted by atomic mass is 10.3. The second-order valence-electron chi connectivity index (χ2n) is 5.19. The number of pyridine rings is 1. The summed E-state index contributed by atoms with van der Waals surface area (Å²) < 4.78 is 5.33. The van der Waals surface area contributed by atoms with Crippen molar-refractivity contribution in [2.75, 3.05) is 31.6 Å². The van der Waals surface area contributed by atoms with Crippen molar-refractivity contribution >= 4 is 23.1 Å². The van der Waals surface area contributed by atoms with Gasteiger partial charge in [0.05, 0.1) is 19.8 Å². The van der Waals surface area contributed by atoms with Gasteiger partial charge < -0.3 is 10.1 Å². The maximum Gasteiger partial charge on any atom is 0.276 e. The van der Waals surface area contributed by atoms with Crippen molar-refractivity contribution in [3.05, 3.63) is 40.0 Å². The number of amides is 1. The molecule has 1 aliphatic heterocycles. The lowest BCUT2D eigenvalue weighted by Gasteiger charge is -2.25. The Kier molecular flexibility index (Phi) is 4.77. The van der Waals surface area contributed by atoms with Crippen molar-refractivity contribution in [3.8, 4) is 0 Å². The second kappa shape index (κ2) is 6.95. The predicted octanol–water partition coefficient (Wildman–Crippen LogP) is 1.93. The van der Waals surface area contributed by atoms with E-state index in [0.717, 1.165) is 43.4 Å². The third-order valence-corrected chi connectivity index (χ3v) is 4.24. The summed E-state index contributed by atoms with van der Waals surface area (Å²) in [6, 6.07) is 3.72. The summed E-state index contributed by atoms with van der Waals surface area (Å²) in [4.78, 5) is 23.0. The van der Waals surface area contributed by atoms with Crippen LogP contribution in [0.15, 0.2) is 23.7 Å². The molecule has 6 nitrogen and oxygen atoms in total. The van der Waals surface area contributed by atoms with E-state index in [4.69, 9.17) is 4.74 Å². The molecular weight excluding hydrogens is 300 g/mol. The third-order valence-electron chi connectivity index (χ3n) is 3.40. The lowest BCUT2D eigenvalue weighted by Crippen LogP contribution is -2.35. The number of aryl methyl sites for hydroxylation is 1. The molecule has 7 heteroatoms. The van der Waals surface area contributed by atoms with Crippen molar-refractivity contribution in [2.24, 2.45) is 0 Å². The van der Waals surface area contributed by atoms with E-state index >= 15 is 0 Å². The van der Waals surface area contributed by atoms with Gasteiger partial charge in [-0.15, -0.1) is 11.3 Å². The van der Waals surface area contributed by atoms with Gasteiger partial charge in [0.2, 0.25) is 0 Å². The SMILES string of the molecule is Cc1ccnc(NC(=O)c2csc(CN3CCOCC3)n2)c1. The van der Waals surface area contributed by atoms with E-state index in [1.165, 1.54) is 11.3 Å². The van der Waals surface area contributed by atoms with Crippen LogP contribution in [0.5, 0.6) is 0 Å². The monoisotopic (exact) mass is 318 g/mol. The Labute approximate surface area is 133 Å². The standard InChI is InChI=1S/C15H18N4O2S/c1-11-2-3-16-13(8-11)18-15(20)12-10-22-14(17-12)9-19-4-6-21-7-5-19/h2-3,8,10H,4-7,9H2,1H3,(H,16,18,20). The molecule has 22 heavy (non-hydrogen) atoms. The number of nitrogens with zero attached hydrogens (tertiary/aromatic N) is 3. The second-order valence-corrected chi connectivity index (χ2v) is 6.13. The molecule has 0 aromatic carbocycles. The van der Waals surface area contributed by atoms with E-state index in [9.17, 15) is 4.79 Å². The average Bonchev–Trinajstić information content (AvgIpc) is 2.97. The number of carbonyl (C=O) groups excluding carboxylic acids is 1. The van der Waals surface area contributed by atoms with Crippen LogP contribution < -0.4 is 5.32 Å². The van der Waals surface area contributed by atoms with Crippen molar-refractivity contribution in [1.29, 1.82) is 0 Å². The van der Waals surface area contributed by atoms with E-state index in [2.05, 4.69) is 20.2 Å². The summed E-state index contributed by atoms with van der Waals surface area (Å²) >= 11 is 1.51. The summed E-state index contributed by atoms with van der Waals surface area (Å²) in [6.07, 6.45) is 1.68. The molecule has 1 amide bonds. The highest BCUT2D eigenvalue weighted by Gasteiger charge is 2.15. The van der Waals surface area contributed by atoms with E-state index in [-0.39, 0.29) is 5.91 Å². The van der Waals surface area contributed by atoms with Crippen LogP contribution in [-0.2, 0) is 11.3 Å². The molecule has 0 atom stereocenters. The smallest absolute Gasteiger partial charge is 0.276 e. The topological polar surface area (TPSA) is 67.4 Å².